The predicted molar refractivity (Wildman–Crippen MR) is 197 cm³/mol. The third-order valence-corrected chi connectivity index (χ3v) is 8.41. The molecular formula is C42H64N2Ni. The Morgan fingerprint density at radius 1 is 0.467 bits per heavy atom. The van der Waals surface area contributed by atoms with E-state index in [1.807, 2.05) is 0 Å². The van der Waals surface area contributed by atoms with Gasteiger partial charge in [-0.2, -0.15) is 0 Å². The normalized spacial score (nSPS) is 11.6. The number of rotatable bonds is 25. The van der Waals surface area contributed by atoms with E-state index in [1.54, 1.807) is 0 Å². The molecule has 2 aromatic carbocycles. The SMILES string of the molecule is CCCCCCCCCCCCCCC#Cc1ccc(N=C(CCCCCCCC)C(CCCC)=Nc2ccccc2)cc1.[Ni]. The molecule has 2 nitrogen and oxygen atoms in total. The van der Waals surface area contributed by atoms with Crippen molar-refractivity contribution >= 4 is 22.8 Å². The van der Waals surface area contributed by atoms with Gasteiger partial charge in [0.1, 0.15) is 0 Å². The van der Waals surface area contributed by atoms with Crippen LogP contribution in [0.25, 0.3) is 0 Å². The molecule has 0 fully saturated rings. The second-order valence-electron chi connectivity index (χ2n) is 12.6. The third-order valence-electron chi connectivity index (χ3n) is 8.41. The van der Waals surface area contributed by atoms with Gasteiger partial charge in [-0.05, 0) is 68.5 Å². The summed E-state index contributed by atoms with van der Waals surface area (Å²) < 4.78 is 0. The van der Waals surface area contributed by atoms with Crippen molar-refractivity contribution in [2.45, 2.75) is 168 Å². The molecule has 2 rings (SSSR count). The molecule has 0 saturated carbocycles. The molecule has 0 bridgehead atoms. The van der Waals surface area contributed by atoms with Gasteiger partial charge >= 0.3 is 0 Å². The number of benzene rings is 2. The quantitative estimate of drug-likeness (QED) is 0.0440. The molecular weight excluding hydrogens is 591 g/mol. The van der Waals surface area contributed by atoms with Gasteiger partial charge < -0.3 is 0 Å². The minimum absolute atomic E-state index is 0. The Kier molecular flexibility index (Phi) is 26.6. The van der Waals surface area contributed by atoms with Crippen LogP contribution in [0.4, 0.5) is 11.4 Å². The smallest absolute Gasteiger partial charge is 0.0634 e. The molecule has 0 amide bonds. The van der Waals surface area contributed by atoms with Crippen LogP contribution in [-0.4, -0.2) is 11.4 Å². The molecule has 0 aliphatic heterocycles. The van der Waals surface area contributed by atoms with Crippen molar-refractivity contribution in [1.82, 2.24) is 0 Å². The van der Waals surface area contributed by atoms with E-state index in [1.165, 1.54) is 116 Å². The molecule has 2 aromatic rings. The summed E-state index contributed by atoms with van der Waals surface area (Å²) >= 11 is 0. The van der Waals surface area contributed by atoms with E-state index >= 15 is 0 Å². The van der Waals surface area contributed by atoms with E-state index in [9.17, 15) is 0 Å². The summed E-state index contributed by atoms with van der Waals surface area (Å²) in [6.45, 7) is 6.82. The van der Waals surface area contributed by atoms with Crippen LogP contribution in [0, 0.1) is 11.8 Å². The van der Waals surface area contributed by atoms with Crippen molar-refractivity contribution in [1.29, 1.82) is 0 Å². The summed E-state index contributed by atoms with van der Waals surface area (Å²) in [5.41, 5.74) is 5.42. The topological polar surface area (TPSA) is 24.7 Å². The maximum atomic E-state index is 5.19. The van der Waals surface area contributed by atoms with Crippen LogP contribution in [-0.2, 0) is 16.5 Å². The van der Waals surface area contributed by atoms with Gasteiger partial charge in [0.05, 0.1) is 22.8 Å². The molecule has 0 aromatic heterocycles. The predicted octanol–water partition coefficient (Wildman–Crippen LogP) is 13.9. The van der Waals surface area contributed by atoms with Crippen molar-refractivity contribution < 1.29 is 16.5 Å². The summed E-state index contributed by atoms with van der Waals surface area (Å²) in [6.07, 6.45) is 29.6. The van der Waals surface area contributed by atoms with E-state index in [0.717, 1.165) is 60.5 Å². The molecule has 0 radical (unpaired) electrons. The second-order valence-corrected chi connectivity index (χ2v) is 12.6. The molecule has 0 aliphatic rings. The molecule has 0 heterocycles. The van der Waals surface area contributed by atoms with Gasteiger partial charge in [0.15, 0.2) is 0 Å². The Hall–Kier alpha value is -2.17. The molecule has 0 spiro atoms. The molecule has 0 unspecified atom stereocenters. The van der Waals surface area contributed by atoms with Crippen LogP contribution in [0.3, 0.4) is 0 Å². The number of hydrogen-bond donors (Lipinski definition) is 0. The number of hydrogen-bond acceptors (Lipinski definition) is 2. The fourth-order valence-corrected chi connectivity index (χ4v) is 5.60. The zero-order valence-electron chi connectivity index (χ0n) is 29.2. The average molecular weight is 656 g/mol. The summed E-state index contributed by atoms with van der Waals surface area (Å²) in [4.78, 5) is 10.3. The fraction of sp³-hybridized carbons (Fsp3) is 0.619. The van der Waals surface area contributed by atoms with Crippen LogP contribution in [0.2, 0.25) is 0 Å². The Morgan fingerprint density at radius 3 is 1.40 bits per heavy atom. The van der Waals surface area contributed by atoms with Gasteiger partial charge in [0.2, 0.25) is 0 Å². The monoisotopic (exact) mass is 654 g/mol. The maximum absolute atomic E-state index is 5.19. The van der Waals surface area contributed by atoms with Gasteiger partial charge in [-0.15, -0.1) is 0 Å². The molecule has 0 aliphatic carbocycles. The summed E-state index contributed by atoms with van der Waals surface area (Å²) in [5.74, 6) is 6.79. The Labute approximate surface area is 288 Å². The first-order valence-corrected chi connectivity index (χ1v) is 18.6. The van der Waals surface area contributed by atoms with E-state index in [2.05, 4.69) is 87.2 Å². The molecule has 252 valence electrons. The first-order chi connectivity index (χ1) is 21.8. The van der Waals surface area contributed by atoms with Crippen LogP contribution in [0.15, 0.2) is 64.6 Å². The van der Waals surface area contributed by atoms with Crippen molar-refractivity contribution in [3.8, 4) is 11.8 Å². The molecule has 45 heavy (non-hydrogen) atoms. The van der Waals surface area contributed by atoms with E-state index in [0.29, 0.717) is 0 Å². The van der Waals surface area contributed by atoms with Crippen molar-refractivity contribution in [3.05, 3.63) is 60.2 Å². The van der Waals surface area contributed by atoms with Gasteiger partial charge in [-0.25, -0.2) is 0 Å². The maximum Gasteiger partial charge on any atom is 0.0634 e. The van der Waals surface area contributed by atoms with Crippen LogP contribution < -0.4 is 0 Å². The van der Waals surface area contributed by atoms with Crippen molar-refractivity contribution in [3.63, 3.8) is 0 Å². The van der Waals surface area contributed by atoms with Gasteiger partial charge in [-0.3, -0.25) is 9.98 Å². The first-order valence-electron chi connectivity index (χ1n) is 18.6. The first kappa shape index (κ1) is 40.9. The van der Waals surface area contributed by atoms with Crippen LogP contribution >= 0.6 is 0 Å². The van der Waals surface area contributed by atoms with Crippen molar-refractivity contribution in [2.24, 2.45) is 9.98 Å². The second kappa shape index (κ2) is 29.2. The fourth-order valence-electron chi connectivity index (χ4n) is 5.60. The van der Waals surface area contributed by atoms with Crippen molar-refractivity contribution in [2.75, 3.05) is 0 Å². The van der Waals surface area contributed by atoms with E-state index in [-0.39, 0.29) is 16.5 Å². The van der Waals surface area contributed by atoms with Gasteiger partial charge in [0.25, 0.3) is 0 Å². The number of nitrogens with zero attached hydrogens (tertiary/aromatic N) is 2. The zero-order valence-corrected chi connectivity index (χ0v) is 30.2. The minimum Gasteiger partial charge on any atom is -0.252 e. The molecule has 0 atom stereocenters. The van der Waals surface area contributed by atoms with Crippen LogP contribution in [0.1, 0.15) is 174 Å². The molecule has 0 N–H and O–H groups in total. The Balaban J connectivity index is 0.0000101. The van der Waals surface area contributed by atoms with E-state index in [4.69, 9.17) is 9.98 Å². The number of para-hydroxylation sites is 1. The minimum atomic E-state index is 0. The van der Waals surface area contributed by atoms with E-state index < -0.39 is 0 Å². The number of unbranched alkanes of at least 4 members (excludes halogenated alkanes) is 18. The standard InChI is InChI=1S/C42H64N2.Ni/c1-4-7-10-12-14-15-16-17-18-19-20-21-22-25-29-38-34-36-40(37-35-38)44-42(33-28-23-13-11-8-5-2)41(32-9-6-3)43-39-30-26-24-27-31-39;/h24,26-27,30-31,34-37H,4-23,28,32-33H2,1-3H3;. The largest absolute Gasteiger partial charge is 0.252 e. The third kappa shape index (κ3) is 21.3. The Morgan fingerprint density at radius 2 is 0.889 bits per heavy atom. The summed E-state index contributed by atoms with van der Waals surface area (Å²) in [6, 6.07) is 18.9. The molecule has 3 heteroatoms. The average Bonchev–Trinajstić information content (AvgIpc) is 3.05. The van der Waals surface area contributed by atoms with Gasteiger partial charge in [-0.1, -0.05) is 160 Å². The zero-order chi connectivity index (χ0) is 31.3. The van der Waals surface area contributed by atoms with Gasteiger partial charge in [0, 0.05) is 28.5 Å². The van der Waals surface area contributed by atoms with Crippen LogP contribution in [0.5, 0.6) is 0 Å². The molecule has 0 saturated heterocycles. The number of aliphatic imine (C=N–C) groups is 2. The summed E-state index contributed by atoms with van der Waals surface area (Å²) in [7, 11) is 0. The summed E-state index contributed by atoms with van der Waals surface area (Å²) in [5, 5.41) is 0. The Bertz CT molecular complexity index is 1080.